The van der Waals surface area contributed by atoms with E-state index in [0.717, 1.165) is 16.1 Å². The molecule has 158 valence electrons. The average molecular weight is 435 g/mol. The van der Waals surface area contributed by atoms with E-state index < -0.39 is 11.9 Å². The smallest absolute Gasteiger partial charge is 0.311 e. The number of rotatable bonds is 6. The van der Waals surface area contributed by atoms with E-state index in [1.807, 2.05) is 44.2 Å². The number of benzene rings is 2. The summed E-state index contributed by atoms with van der Waals surface area (Å²) in [5, 5.41) is 0.578. The molecule has 1 aliphatic rings. The highest BCUT2D eigenvalue weighted by Gasteiger charge is 2.38. The van der Waals surface area contributed by atoms with Crippen LogP contribution < -0.4 is 4.90 Å². The van der Waals surface area contributed by atoms with Crippen molar-refractivity contribution in [3.05, 3.63) is 70.6 Å². The van der Waals surface area contributed by atoms with Crippen molar-refractivity contribution in [2.24, 2.45) is 5.92 Å². The van der Waals surface area contributed by atoms with E-state index in [0.29, 0.717) is 10.7 Å². The van der Waals surface area contributed by atoms with Gasteiger partial charge in [0.2, 0.25) is 5.91 Å². The molecular formula is C24H22N2O4S. The van der Waals surface area contributed by atoms with Gasteiger partial charge in [-0.05, 0) is 13.8 Å². The lowest BCUT2D eigenvalue weighted by atomic mass is 10.1. The summed E-state index contributed by atoms with van der Waals surface area (Å²) in [6.45, 7) is 3.87. The lowest BCUT2D eigenvalue weighted by molar-refractivity contribution is -0.147. The van der Waals surface area contributed by atoms with Crippen LogP contribution in [-0.2, 0) is 14.3 Å². The molecular weight excluding hydrogens is 412 g/mol. The van der Waals surface area contributed by atoms with Crippen LogP contribution in [0.4, 0.5) is 5.13 Å². The van der Waals surface area contributed by atoms with E-state index in [2.05, 4.69) is 4.98 Å². The maximum atomic E-state index is 12.6. The normalized spacial score (nSPS) is 15.9. The zero-order valence-electron chi connectivity index (χ0n) is 17.3. The van der Waals surface area contributed by atoms with Gasteiger partial charge in [0.25, 0.3) is 0 Å². The second-order valence-electron chi connectivity index (χ2n) is 7.57. The van der Waals surface area contributed by atoms with E-state index in [-0.39, 0.29) is 31.3 Å². The molecule has 0 unspecified atom stereocenters. The first-order valence-electron chi connectivity index (χ1n) is 10.0. The predicted octanol–water partition coefficient (Wildman–Crippen LogP) is 4.21. The topological polar surface area (TPSA) is 76.6 Å². The molecule has 7 heteroatoms. The lowest BCUT2D eigenvalue weighted by Gasteiger charge is -2.12. The molecule has 0 aliphatic carbocycles. The number of nitrogens with zero attached hydrogens (tertiary/aromatic N) is 2. The summed E-state index contributed by atoms with van der Waals surface area (Å²) in [4.78, 5) is 44.4. The third-order valence-corrected chi connectivity index (χ3v) is 6.23. The second kappa shape index (κ2) is 8.81. The van der Waals surface area contributed by atoms with Crippen molar-refractivity contribution in [1.82, 2.24) is 4.98 Å². The van der Waals surface area contributed by atoms with Crippen molar-refractivity contribution < 1.29 is 19.1 Å². The standard InChI is InChI=1S/C24H22N2O4S/c1-15-8-10-18(11-9-15)22-16(2)31-24(25-22)26-13-19(12-21(26)28)23(29)30-14-20(27)17-6-4-3-5-7-17/h3-11,19H,12-14H2,1-2H3/t19-/m1/s1. The number of carbonyl (C=O) groups excluding carboxylic acids is 3. The maximum absolute atomic E-state index is 12.6. The Morgan fingerprint density at radius 3 is 2.52 bits per heavy atom. The van der Waals surface area contributed by atoms with E-state index in [9.17, 15) is 14.4 Å². The Balaban J connectivity index is 1.41. The summed E-state index contributed by atoms with van der Waals surface area (Å²) >= 11 is 1.43. The molecule has 2 heterocycles. The van der Waals surface area contributed by atoms with Crippen molar-refractivity contribution in [2.45, 2.75) is 20.3 Å². The van der Waals surface area contributed by atoms with E-state index >= 15 is 0 Å². The number of anilines is 1. The van der Waals surface area contributed by atoms with Gasteiger partial charge in [-0.25, -0.2) is 4.98 Å². The fraction of sp³-hybridized carbons (Fsp3) is 0.250. The predicted molar refractivity (Wildman–Crippen MR) is 119 cm³/mol. The first kappa shape index (κ1) is 20.9. The summed E-state index contributed by atoms with van der Waals surface area (Å²) in [6, 6.07) is 16.7. The van der Waals surface area contributed by atoms with Crippen LogP contribution in [0, 0.1) is 19.8 Å². The quantitative estimate of drug-likeness (QED) is 0.429. The molecule has 1 aliphatic heterocycles. The third-order valence-electron chi connectivity index (χ3n) is 5.24. The molecule has 6 nitrogen and oxygen atoms in total. The van der Waals surface area contributed by atoms with Crippen LogP contribution >= 0.6 is 11.3 Å². The number of amides is 1. The van der Waals surface area contributed by atoms with Crippen LogP contribution in [-0.4, -0.2) is 35.8 Å². The van der Waals surface area contributed by atoms with Gasteiger partial charge >= 0.3 is 5.97 Å². The molecule has 1 aromatic heterocycles. The Morgan fingerprint density at radius 1 is 1.10 bits per heavy atom. The molecule has 2 aromatic carbocycles. The summed E-state index contributed by atoms with van der Waals surface area (Å²) in [7, 11) is 0. The van der Waals surface area contributed by atoms with Gasteiger partial charge in [0.1, 0.15) is 0 Å². The van der Waals surface area contributed by atoms with Crippen molar-refractivity contribution in [3.63, 3.8) is 0 Å². The third kappa shape index (κ3) is 4.56. The Labute approximate surface area is 184 Å². The molecule has 4 rings (SSSR count). The molecule has 0 spiro atoms. The number of Topliss-reactive ketones (excluding diaryl/α,β-unsaturated/α-hetero) is 1. The highest BCUT2D eigenvalue weighted by molar-refractivity contribution is 7.16. The lowest BCUT2D eigenvalue weighted by Crippen LogP contribution is -2.27. The minimum Gasteiger partial charge on any atom is -0.457 e. The molecule has 1 fully saturated rings. The van der Waals surface area contributed by atoms with Crippen molar-refractivity contribution in [2.75, 3.05) is 18.1 Å². The number of aryl methyl sites for hydroxylation is 2. The Bertz CT molecular complexity index is 1120. The number of hydrogen-bond donors (Lipinski definition) is 0. The van der Waals surface area contributed by atoms with Crippen LogP contribution in [0.3, 0.4) is 0 Å². The van der Waals surface area contributed by atoms with Gasteiger partial charge in [0, 0.05) is 29.0 Å². The van der Waals surface area contributed by atoms with Crippen LogP contribution in [0.5, 0.6) is 0 Å². The molecule has 31 heavy (non-hydrogen) atoms. The van der Waals surface area contributed by atoms with E-state index in [4.69, 9.17) is 4.74 Å². The summed E-state index contributed by atoms with van der Waals surface area (Å²) in [5.41, 5.74) is 3.49. The molecule has 1 atom stereocenters. The summed E-state index contributed by atoms with van der Waals surface area (Å²) in [6.07, 6.45) is 0.0524. The first-order valence-corrected chi connectivity index (χ1v) is 10.8. The van der Waals surface area contributed by atoms with Gasteiger partial charge in [-0.15, -0.1) is 11.3 Å². The van der Waals surface area contributed by atoms with Gasteiger partial charge in [0.05, 0.1) is 11.6 Å². The first-order chi connectivity index (χ1) is 14.9. The Kier molecular flexibility index (Phi) is 5.95. The zero-order chi connectivity index (χ0) is 22.0. The second-order valence-corrected chi connectivity index (χ2v) is 8.75. The Morgan fingerprint density at radius 2 is 1.81 bits per heavy atom. The fourth-order valence-corrected chi connectivity index (χ4v) is 4.45. The van der Waals surface area contributed by atoms with Crippen LogP contribution in [0.2, 0.25) is 0 Å². The zero-order valence-corrected chi connectivity index (χ0v) is 18.1. The van der Waals surface area contributed by atoms with Gasteiger partial charge in [-0.1, -0.05) is 60.2 Å². The number of esters is 1. The average Bonchev–Trinajstić information content (AvgIpc) is 3.35. The molecule has 3 aromatic rings. The number of carbonyl (C=O) groups is 3. The monoisotopic (exact) mass is 434 g/mol. The molecule has 0 N–H and O–H groups in total. The fourth-order valence-electron chi connectivity index (χ4n) is 3.49. The molecule has 0 bridgehead atoms. The number of hydrogen-bond acceptors (Lipinski definition) is 6. The van der Waals surface area contributed by atoms with Gasteiger partial charge in [-0.2, -0.15) is 0 Å². The maximum Gasteiger partial charge on any atom is 0.311 e. The number of thiazole rings is 1. The van der Waals surface area contributed by atoms with Gasteiger partial charge in [-0.3, -0.25) is 19.3 Å². The molecule has 1 saturated heterocycles. The summed E-state index contributed by atoms with van der Waals surface area (Å²) in [5.74, 6) is -1.58. The highest BCUT2D eigenvalue weighted by Crippen LogP contribution is 2.35. The SMILES string of the molecule is Cc1ccc(-c2nc(N3C[C@H](C(=O)OCC(=O)c4ccccc4)CC3=O)sc2C)cc1. The minimum atomic E-state index is -0.608. The largest absolute Gasteiger partial charge is 0.457 e. The molecule has 0 saturated carbocycles. The van der Waals surface area contributed by atoms with Crippen LogP contribution in [0.25, 0.3) is 11.3 Å². The van der Waals surface area contributed by atoms with E-state index in [1.165, 1.54) is 16.9 Å². The van der Waals surface area contributed by atoms with Crippen molar-refractivity contribution in [1.29, 1.82) is 0 Å². The van der Waals surface area contributed by atoms with Gasteiger partial charge in [0.15, 0.2) is 17.5 Å². The molecule has 1 amide bonds. The van der Waals surface area contributed by atoms with Crippen LogP contribution in [0.1, 0.15) is 27.2 Å². The minimum absolute atomic E-state index is 0.0524. The number of ether oxygens (including phenoxy) is 1. The molecule has 0 radical (unpaired) electrons. The highest BCUT2D eigenvalue weighted by atomic mass is 32.1. The van der Waals surface area contributed by atoms with Gasteiger partial charge < -0.3 is 4.74 Å². The van der Waals surface area contributed by atoms with E-state index in [1.54, 1.807) is 29.2 Å². The van der Waals surface area contributed by atoms with Crippen LogP contribution in [0.15, 0.2) is 54.6 Å². The number of ketones is 1. The van der Waals surface area contributed by atoms with Crippen molar-refractivity contribution >= 4 is 34.1 Å². The van der Waals surface area contributed by atoms with Crippen molar-refractivity contribution in [3.8, 4) is 11.3 Å². The Hall–Kier alpha value is -3.32. The number of aromatic nitrogens is 1. The summed E-state index contributed by atoms with van der Waals surface area (Å²) < 4.78 is 5.20.